The van der Waals surface area contributed by atoms with Gasteiger partial charge in [0.2, 0.25) is 5.78 Å². The van der Waals surface area contributed by atoms with Crippen LogP contribution in [0.4, 0.5) is 0 Å². The maximum absolute atomic E-state index is 13.0. The molecule has 1 fully saturated rings. The normalized spacial score (nSPS) is 19.2. The van der Waals surface area contributed by atoms with Crippen LogP contribution in [-0.2, 0) is 6.54 Å². The Hall–Kier alpha value is -2.89. The summed E-state index contributed by atoms with van der Waals surface area (Å²) in [5, 5.41) is 0. The van der Waals surface area contributed by atoms with Gasteiger partial charge in [0.05, 0.1) is 19.4 Å². The summed E-state index contributed by atoms with van der Waals surface area (Å²) in [6, 6.07) is 16.4. The molecule has 0 radical (unpaired) electrons. The van der Waals surface area contributed by atoms with E-state index in [2.05, 4.69) is 47.9 Å². The number of Topliss-reactive ketones (excluding diaryl/α,β-unsaturated/α-hetero) is 1. The number of piperazine rings is 1. The molecule has 31 heavy (non-hydrogen) atoms. The first-order valence-electron chi connectivity index (χ1n) is 11.2. The molecule has 0 bridgehead atoms. The molecule has 1 aliphatic rings. The zero-order valence-corrected chi connectivity index (χ0v) is 18.6. The van der Waals surface area contributed by atoms with Gasteiger partial charge in [-0.05, 0) is 43.7 Å². The third-order valence-electron chi connectivity index (χ3n) is 6.36. The van der Waals surface area contributed by atoms with Crippen LogP contribution in [0.25, 0.3) is 6.08 Å². The maximum Gasteiger partial charge on any atom is 0.218 e. The molecule has 5 heteroatoms. The number of rotatable bonds is 8. The number of ketones is 1. The van der Waals surface area contributed by atoms with Crippen LogP contribution in [0.5, 0.6) is 0 Å². The molecule has 0 amide bonds. The summed E-state index contributed by atoms with van der Waals surface area (Å²) in [4.78, 5) is 16.0. The van der Waals surface area contributed by atoms with E-state index in [1.54, 1.807) is 11.2 Å². The van der Waals surface area contributed by atoms with Gasteiger partial charge in [-0.3, -0.25) is 4.79 Å². The van der Waals surface area contributed by atoms with E-state index in [1.807, 2.05) is 31.2 Å². The topological polar surface area (TPSA) is 44.0 Å². The van der Waals surface area contributed by atoms with Crippen molar-refractivity contribution in [2.75, 3.05) is 39.3 Å². The van der Waals surface area contributed by atoms with Gasteiger partial charge in [-0.1, -0.05) is 36.4 Å². The fraction of sp³-hybridized carbons (Fsp3) is 0.346. The van der Waals surface area contributed by atoms with Crippen molar-refractivity contribution in [3.8, 4) is 0 Å². The van der Waals surface area contributed by atoms with Gasteiger partial charge in [0, 0.05) is 17.0 Å². The first kappa shape index (κ1) is 21.3. The molecule has 1 saturated heterocycles. The van der Waals surface area contributed by atoms with Crippen molar-refractivity contribution in [3.05, 3.63) is 89.1 Å². The van der Waals surface area contributed by atoms with Gasteiger partial charge in [-0.2, -0.15) is 0 Å². The molecule has 0 unspecified atom stereocenters. The minimum Gasteiger partial charge on any atom is -0.467 e. The first-order chi connectivity index (χ1) is 15.1. The molecule has 3 aromatic rings. The number of aromatic nitrogens is 1. The molecule has 0 spiro atoms. The van der Waals surface area contributed by atoms with E-state index in [0.29, 0.717) is 13.1 Å². The first-order valence-corrected chi connectivity index (χ1v) is 11.2. The molecule has 1 aromatic carbocycles. The lowest BCUT2D eigenvalue weighted by Gasteiger charge is -2.28. The molecule has 0 aliphatic carbocycles. The van der Waals surface area contributed by atoms with Gasteiger partial charge in [0.25, 0.3) is 0 Å². The van der Waals surface area contributed by atoms with E-state index >= 15 is 0 Å². The van der Waals surface area contributed by atoms with Gasteiger partial charge in [0.15, 0.2) is 0 Å². The number of benzene rings is 1. The summed E-state index contributed by atoms with van der Waals surface area (Å²) in [6.07, 6.45) is 6.17. The van der Waals surface area contributed by atoms with Crippen molar-refractivity contribution in [2.24, 2.45) is 0 Å². The highest BCUT2D eigenvalue weighted by Gasteiger charge is 2.26. The van der Waals surface area contributed by atoms with Gasteiger partial charge >= 0.3 is 0 Å². The summed E-state index contributed by atoms with van der Waals surface area (Å²) in [5.74, 6) is 1.16. The predicted octanol–water partition coefficient (Wildman–Crippen LogP) is 1.43. The Morgan fingerprint density at radius 2 is 1.77 bits per heavy atom. The van der Waals surface area contributed by atoms with Gasteiger partial charge in [0.1, 0.15) is 38.5 Å². The van der Waals surface area contributed by atoms with E-state index in [0.717, 1.165) is 55.4 Å². The average molecular weight is 420 g/mol. The minimum absolute atomic E-state index is 0.251. The van der Waals surface area contributed by atoms with E-state index in [-0.39, 0.29) is 5.78 Å². The smallest absolute Gasteiger partial charge is 0.218 e. The van der Waals surface area contributed by atoms with Crippen LogP contribution in [0.3, 0.4) is 0 Å². The quantitative estimate of drug-likeness (QED) is 0.543. The Labute approximate surface area is 184 Å². The molecule has 3 heterocycles. The second-order valence-electron chi connectivity index (χ2n) is 8.57. The van der Waals surface area contributed by atoms with Crippen molar-refractivity contribution >= 4 is 11.9 Å². The van der Waals surface area contributed by atoms with Crippen LogP contribution in [-0.4, -0.2) is 49.6 Å². The number of quaternary nitrogens is 2. The number of hydrogen-bond acceptors (Lipinski definition) is 2. The fourth-order valence-corrected chi connectivity index (χ4v) is 4.47. The second kappa shape index (κ2) is 9.94. The molecule has 5 nitrogen and oxygen atoms in total. The summed E-state index contributed by atoms with van der Waals surface area (Å²) in [5.41, 5.74) is 4.25. The molecule has 2 N–H and O–H groups in total. The highest BCUT2D eigenvalue weighted by atomic mass is 16.3. The SMILES string of the molecule is Cc1cc(C(=O)C[NH+]2CC[NH+](C/C=C/c3ccccc3)CC2)c(C)n1Cc1ccco1. The Balaban J connectivity index is 1.28. The molecule has 2 aromatic heterocycles. The summed E-state index contributed by atoms with van der Waals surface area (Å²) in [6.45, 7) is 10.7. The van der Waals surface area contributed by atoms with Crippen molar-refractivity contribution in [3.63, 3.8) is 0 Å². The van der Waals surface area contributed by atoms with E-state index in [9.17, 15) is 4.79 Å². The highest BCUT2D eigenvalue weighted by molar-refractivity contribution is 5.98. The lowest BCUT2D eigenvalue weighted by molar-refractivity contribution is -1.01. The Bertz CT molecular complexity index is 1010. The van der Waals surface area contributed by atoms with Crippen molar-refractivity contribution in [1.29, 1.82) is 0 Å². The summed E-state index contributed by atoms with van der Waals surface area (Å²) < 4.78 is 7.65. The number of carbonyl (C=O) groups is 1. The maximum atomic E-state index is 13.0. The average Bonchev–Trinajstić information content (AvgIpc) is 3.39. The molecule has 4 rings (SSSR count). The summed E-state index contributed by atoms with van der Waals surface area (Å²) in [7, 11) is 0. The van der Waals surface area contributed by atoms with E-state index in [1.165, 1.54) is 10.5 Å². The van der Waals surface area contributed by atoms with E-state index < -0.39 is 0 Å². The standard InChI is InChI=1S/C26H31N3O2/c1-21-18-25(22(2)29(21)19-24-11-7-17-31-24)26(30)20-28-15-13-27(14-16-28)12-6-10-23-8-4-3-5-9-23/h3-11,17-18H,12-16,19-20H2,1-2H3/p+2/b10-6+. The molecular formula is C26H33N3O2+2. The van der Waals surface area contributed by atoms with Gasteiger partial charge < -0.3 is 18.8 Å². The number of nitrogens with one attached hydrogen (secondary N) is 2. The number of hydrogen-bond donors (Lipinski definition) is 2. The molecular weight excluding hydrogens is 386 g/mol. The van der Waals surface area contributed by atoms with Crippen LogP contribution in [0.2, 0.25) is 0 Å². The number of carbonyl (C=O) groups excluding carboxylic acids is 1. The third-order valence-corrected chi connectivity index (χ3v) is 6.36. The zero-order valence-electron chi connectivity index (χ0n) is 18.6. The van der Waals surface area contributed by atoms with Gasteiger partial charge in [-0.25, -0.2) is 0 Å². The van der Waals surface area contributed by atoms with Crippen LogP contribution < -0.4 is 9.80 Å². The van der Waals surface area contributed by atoms with Crippen LogP contribution in [0.15, 0.2) is 65.3 Å². The largest absolute Gasteiger partial charge is 0.467 e. The Kier molecular flexibility index (Phi) is 6.85. The Morgan fingerprint density at radius 1 is 1.03 bits per heavy atom. The number of furan rings is 1. The fourth-order valence-electron chi connectivity index (χ4n) is 4.47. The second-order valence-corrected chi connectivity index (χ2v) is 8.57. The predicted molar refractivity (Wildman–Crippen MR) is 123 cm³/mol. The third kappa shape index (κ3) is 5.43. The number of aryl methyl sites for hydroxylation is 1. The minimum atomic E-state index is 0.251. The highest BCUT2D eigenvalue weighted by Crippen LogP contribution is 2.17. The number of nitrogens with zero attached hydrogens (tertiary/aromatic N) is 1. The van der Waals surface area contributed by atoms with Crippen molar-refractivity contribution < 1.29 is 19.0 Å². The zero-order chi connectivity index (χ0) is 21.6. The Morgan fingerprint density at radius 3 is 2.48 bits per heavy atom. The van der Waals surface area contributed by atoms with Crippen LogP contribution in [0, 0.1) is 13.8 Å². The molecule has 1 aliphatic heterocycles. The molecule has 162 valence electrons. The van der Waals surface area contributed by atoms with E-state index in [4.69, 9.17) is 4.42 Å². The van der Waals surface area contributed by atoms with Crippen LogP contribution in [0.1, 0.15) is 33.1 Å². The van der Waals surface area contributed by atoms with Crippen LogP contribution >= 0.6 is 0 Å². The molecule has 0 saturated carbocycles. The lowest BCUT2D eigenvalue weighted by atomic mass is 10.1. The van der Waals surface area contributed by atoms with Gasteiger partial charge in [-0.15, -0.1) is 0 Å². The van der Waals surface area contributed by atoms with Crippen molar-refractivity contribution in [1.82, 2.24) is 4.57 Å². The lowest BCUT2D eigenvalue weighted by Crippen LogP contribution is -3.28. The summed E-state index contributed by atoms with van der Waals surface area (Å²) >= 11 is 0. The molecule has 0 atom stereocenters. The van der Waals surface area contributed by atoms with Crippen molar-refractivity contribution in [2.45, 2.75) is 20.4 Å². The monoisotopic (exact) mass is 419 g/mol.